The van der Waals surface area contributed by atoms with Gasteiger partial charge in [-0.15, -0.1) is 0 Å². The molecule has 0 radical (unpaired) electrons. The van der Waals surface area contributed by atoms with Crippen molar-refractivity contribution in [1.29, 1.82) is 0 Å². The smallest absolute Gasteiger partial charge is 0.148 e. The highest BCUT2D eigenvalue weighted by Crippen LogP contribution is 2.38. The van der Waals surface area contributed by atoms with Crippen molar-refractivity contribution in [2.24, 2.45) is 7.05 Å². The van der Waals surface area contributed by atoms with Gasteiger partial charge in [0, 0.05) is 25.4 Å². The molecule has 0 amide bonds. The average molecular weight is 245 g/mol. The predicted molar refractivity (Wildman–Crippen MR) is 69.0 cm³/mol. The number of rotatable bonds is 3. The van der Waals surface area contributed by atoms with Crippen molar-refractivity contribution >= 4 is 5.82 Å². The summed E-state index contributed by atoms with van der Waals surface area (Å²) in [5, 5.41) is 7.70. The van der Waals surface area contributed by atoms with Gasteiger partial charge in [0.25, 0.3) is 0 Å². The molecule has 0 bridgehead atoms. The lowest BCUT2D eigenvalue weighted by atomic mass is 9.76. The highest BCUT2D eigenvalue weighted by Gasteiger charge is 2.30. The predicted octanol–water partition coefficient (Wildman–Crippen LogP) is 2.92. The number of hydrogen-bond donors (Lipinski definition) is 1. The third kappa shape index (κ3) is 2.23. The van der Waals surface area contributed by atoms with Gasteiger partial charge in [-0.25, -0.2) is 4.39 Å². The molecule has 0 spiro atoms. The summed E-state index contributed by atoms with van der Waals surface area (Å²) in [6.45, 7) is 0. The van der Waals surface area contributed by atoms with Crippen LogP contribution in [0.15, 0.2) is 36.5 Å². The summed E-state index contributed by atoms with van der Waals surface area (Å²) in [5.41, 5.74) is 1.23. The molecule has 18 heavy (non-hydrogen) atoms. The molecular formula is C14H16FN3. The molecule has 1 aliphatic rings. The fraction of sp³-hybridized carbons (Fsp3) is 0.357. The van der Waals surface area contributed by atoms with Crippen LogP contribution in [-0.2, 0) is 7.05 Å². The lowest BCUT2D eigenvalue weighted by Crippen LogP contribution is -2.34. The molecule has 0 atom stereocenters. The Bertz CT molecular complexity index is 526. The summed E-state index contributed by atoms with van der Waals surface area (Å²) in [4.78, 5) is 0. The van der Waals surface area contributed by atoms with E-state index in [4.69, 9.17) is 0 Å². The van der Waals surface area contributed by atoms with E-state index in [1.54, 1.807) is 4.68 Å². The highest BCUT2D eigenvalue weighted by atomic mass is 19.1. The standard InChI is InChI=1S/C14H16FN3/c1-18-7-6-14(17-18)16-13-8-11(9-13)10-2-4-12(15)5-3-10/h2-7,11,13H,8-9H2,1H3,(H,16,17). The summed E-state index contributed by atoms with van der Waals surface area (Å²) in [5.74, 6) is 1.31. The Hall–Kier alpha value is -1.84. The van der Waals surface area contributed by atoms with E-state index in [1.165, 1.54) is 17.7 Å². The topological polar surface area (TPSA) is 29.9 Å². The number of hydrogen-bond acceptors (Lipinski definition) is 2. The van der Waals surface area contributed by atoms with Crippen molar-refractivity contribution in [3.63, 3.8) is 0 Å². The first-order chi connectivity index (χ1) is 8.70. The molecule has 2 aromatic rings. The molecule has 1 heterocycles. The number of nitrogens with zero attached hydrogens (tertiary/aromatic N) is 2. The highest BCUT2D eigenvalue weighted by molar-refractivity contribution is 5.36. The van der Waals surface area contributed by atoms with Crippen LogP contribution < -0.4 is 5.32 Å². The molecule has 0 aliphatic heterocycles. The van der Waals surface area contributed by atoms with Gasteiger partial charge >= 0.3 is 0 Å². The van der Waals surface area contributed by atoms with Crippen molar-refractivity contribution in [3.8, 4) is 0 Å². The molecule has 3 rings (SSSR count). The summed E-state index contributed by atoms with van der Waals surface area (Å²) in [6.07, 6.45) is 4.10. The second-order valence-electron chi connectivity index (χ2n) is 4.94. The zero-order valence-electron chi connectivity index (χ0n) is 10.3. The maximum Gasteiger partial charge on any atom is 0.148 e. The molecule has 1 aliphatic carbocycles. The van der Waals surface area contributed by atoms with Gasteiger partial charge in [-0.05, 0) is 36.5 Å². The minimum atomic E-state index is -0.166. The van der Waals surface area contributed by atoms with Crippen molar-refractivity contribution in [2.45, 2.75) is 24.8 Å². The molecule has 94 valence electrons. The summed E-state index contributed by atoms with van der Waals surface area (Å²) < 4.78 is 14.6. The van der Waals surface area contributed by atoms with Gasteiger partial charge in [0.05, 0.1) is 0 Å². The molecule has 1 aromatic heterocycles. The van der Waals surface area contributed by atoms with Crippen LogP contribution in [0.2, 0.25) is 0 Å². The van der Waals surface area contributed by atoms with Crippen LogP contribution >= 0.6 is 0 Å². The molecule has 3 nitrogen and oxygen atoms in total. The first-order valence-corrected chi connectivity index (χ1v) is 6.22. The Balaban J connectivity index is 1.55. The van der Waals surface area contributed by atoms with Gasteiger partial charge in [-0.2, -0.15) is 5.10 Å². The van der Waals surface area contributed by atoms with E-state index in [0.717, 1.165) is 18.7 Å². The number of benzene rings is 1. The summed E-state index contributed by atoms with van der Waals surface area (Å²) >= 11 is 0. The Morgan fingerprint density at radius 2 is 1.94 bits per heavy atom. The molecule has 1 aromatic carbocycles. The van der Waals surface area contributed by atoms with Crippen molar-refractivity contribution in [2.75, 3.05) is 5.32 Å². The van der Waals surface area contributed by atoms with Crippen LogP contribution in [0.4, 0.5) is 10.2 Å². The maximum absolute atomic E-state index is 12.8. The third-order valence-corrected chi connectivity index (χ3v) is 3.55. The molecule has 1 N–H and O–H groups in total. The van der Waals surface area contributed by atoms with E-state index in [-0.39, 0.29) is 5.82 Å². The summed E-state index contributed by atoms with van der Waals surface area (Å²) in [7, 11) is 1.91. The number of nitrogens with one attached hydrogen (secondary N) is 1. The zero-order chi connectivity index (χ0) is 12.5. The van der Waals surface area contributed by atoms with Crippen molar-refractivity contribution in [3.05, 3.63) is 47.9 Å². The molecule has 0 saturated heterocycles. The van der Waals surface area contributed by atoms with Crippen LogP contribution in [-0.4, -0.2) is 15.8 Å². The first-order valence-electron chi connectivity index (χ1n) is 6.22. The van der Waals surface area contributed by atoms with Gasteiger partial charge in [-0.1, -0.05) is 12.1 Å². The minimum Gasteiger partial charge on any atom is -0.366 e. The van der Waals surface area contributed by atoms with Crippen LogP contribution in [0.5, 0.6) is 0 Å². The van der Waals surface area contributed by atoms with Gasteiger partial charge < -0.3 is 5.32 Å². The molecule has 1 fully saturated rings. The molecular weight excluding hydrogens is 229 g/mol. The zero-order valence-corrected chi connectivity index (χ0v) is 10.3. The van der Waals surface area contributed by atoms with Crippen LogP contribution in [0.25, 0.3) is 0 Å². The Kier molecular flexibility index (Phi) is 2.78. The van der Waals surface area contributed by atoms with Gasteiger partial charge in [-0.3, -0.25) is 4.68 Å². The monoisotopic (exact) mass is 245 g/mol. The van der Waals surface area contributed by atoms with Crippen LogP contribution in [0.3, 0.4) is 0 Å². The van der Waals surface area contributed by atoms with Crippen molar-refractivity contribution < 1.29 is 4.39 Å². The molecule has 1 saturated carbocycles. The number of halogens is 1. The fourth-order valence-corrected chi connectivity index (χ4v) is 2.44. The van der Waals surface area contributed by atoms with E-state index < -0.39 is 0 Å². The number of aromatic nitrogens is 2. The Morgan fingerprint density at radius 3 is 2.56 bits per heavy atom. The van der Waals surface area contributed by atoms with Crippen molar-refractivity contribution in [1.82, 2.24) is 9.78 Å². The second-order valence-corrected chi connectivity index (χ2v) is 4.94. The number of aryl methyl sites for hydroxylation is 1. The third-order valence-electron chi connectivity index (χ3n) is 3.55. The minimum absolute atomic E-state index is 0.166. The average Bonchev–Trinajstić information content (AvgIpc) is 2.71. The first kappa shape index (κ1) is 11.3. The van der Waals surface area contributed by atoms with Gasteiger partial charge in [0.15, 0.2) is 0 Å². The Morgan fingerprint density at radius 1 is 1.22 bits per heavy atom. The largest absolute Gasteiger partial charge is 0.366 e. The van der Waals surface area contributed by atoms with E-state index in [9.17, 15) is 4.39 Å². The van der Waals surface area contributed by atoms with Crippen LogP contribution in [0, 0.1) is 5.82 Å². The van der Waals surface area contributed by atoms with Crippen LogP contribution in [0.1, 0.15) is 24.3 Å². The maximum atomic E-state index is 12.8. The quantitative estimate of drug-likeness (QED) is 0.901. The van der Waals surface area contributed by atoms with Gasteiger partial charge in [0.1, 0.15) is 11.6 Å². The number of anilines is 1. The van der Waals surface area contributed by atoms with Gasteiger partial charge in [0.2, 0.25) is 0 Å². The lowest BCUT2D eigenvalue weighted by molar-refractivity contribution is 0.373. The fourth-order valence-electron chi connectivity index (χ4n) is 2.44. The summed E-state index contributed by atoms with van der Waals surface area (Å²) in [6, 6.07) is 9.30. The SMILES string of the molecule is Cn1ccc(NC2CC(c3ccc(F)cc3)C2)n1. The van der Waals surface area contributed by atoms with E-state index in [2.05, 4.69) is 10.4 Å². The molecule has 4 heteroatoms. The molecule has 0 unspecified atom stereocenters. The van der Waals surface area contributed by atoms with E-state index >= 15 is 0 Å². The Labute approximate surface area is 106 Å². The lowest BCUT2D eigenvalue weighted by Gasteiger charge is -2.36. The normalized spacial score (nSPS) is 22.6. The van der Waals surface area contributed by atoms with E-state index in [0.29, 0.717) is 12.0 Å². The second kappa shape index (κ2) is 4.44. The van der Waals surface area contributed by atoms with E-state index in [1.807, 2.05) is 31.4 Å².